The average Bonchev–Trinajstić information content (AvgIpc) is 2.56. The normalized spacial score (nSPS) is 11.5. The third kappa shape index (κ3) is 3.47. The molecule has 8 nitrogen and oxygen atoms in total. The predicted octanol–water partition coefficient (Wildman–Crippen LogP) is 2.01. The van der Waals surface area contributed by atoms with Crippen molar-refractivity contribution < 1.29 is 18.1 Å². The Morgan fingerprint density at radius 3 is 2.50 bits per heavy atom. The SMILES string of the molecule is COc1ccc(S(=O)(=O)N(C)Cc2ccccc2N)cc1[N+](=O)[O-]. The first-order valence-electron chi connectivity index (χ1n) is 6.89. The molecule has 0 heterocycles. The summed E-state index contributed by atoms with van der Waals surface area (Å²) in [6.45, 7) is 0.0504. The summed E-state index contributed by atoms with van der Waals surface area (Å²) in [6.07, 6.45) is 0. The summed E-state index contributed by atoms with van der Waals surface area (Å²) in [4.78, 5) is 10.2. The Hall–Kier alpha value is -2.65. The Kier molecular flexibility index (Phi) is 5.05. The van der Waals surface area contributed by atoms with Crippen LogP contribution in [0.25, 0.3) is 0 Å². The Labute approximate surface area is 139 Å². The molecule has 0 aliphatic heterocycles. The highest BCUT2D eigenvalue weighted by Gasteiger charge is 2.26. The van der Waals surface area contributed by atoms with Crippen LogP contribution >= 0.6 is 0 Å². The van der Waals surface area contributed by atoms with Gasteiger partial charge in [-0.1, -0.05) is 18.2 Å². The molecule has 9 heteroatoms. The van der Waals surface area contributed by atoms with Crippen LogP contribution in [-0.2, 0) is 16.6 Å². The Morgan fingerprint density at radius 2 is 1.92 bits per heavy atom. The highest BCUT2D eigenvalue weighted by molar-refractivity contribution is 7.89. The molecule has 0 amide bonds. The molecule has 0 bridgehead atoms. The van der Waals surface area contributed by atoms with Crippen LogP contribution in [0.15, 0.2) is 47.4 Å². The molecule has 0 aliphatic carbocycles. The van der Waals surface area contributed by atoms with Gasteiger partial charge in [-0.05, 0) is 23.8 Å². The van der Waals surface area contributed by atoms with Crippen molar-refractivity contribution in [2.24, 2.45) is 0 Å². The lowest BCUT2D eigenvalue weighted by atomic mass is 10.2. The fraction of sp³-hybridized carbons (Fsp3) is 0.200. The van der Waals surface area contributed by atoms with Crippen molar-refractivity contribution in [3.8, 4) is 5.75 Å². The van der Waals surface area contributed by atoms with E-state index in [1.54, 1.807) is 24.3 Å². The minimum atomic E-state index is -3.92. The van der Waals surface area contributed by atoms with E-state index in [1.807, 2.05) is 0 Å². The molecule has 0 atom stereocenters. The van der Waals surface area contributed by atoms with E-state index in [0.717, 1.165) is 10.4 Å². The first kappa shape index (κ1) is 17.7. The molecule has 24 heavy (non-hydrogen) atoms. The van der Waals surface area contributed by atoms with Crippen molar-refractivity contribution in [3.05, 3.63) is 58.1 Å². The van der Waals surface area contributed by atoms with Crippen molar-refractivity contribution in [2.45, 2.75) is 11.4 Å². The Balaban J connectivity index is 2.38. The van der Waals surface area contributed by atoms with E-state index in [0.29, 0.717) is 11.3 Å². The monoisotopic (exact) mass is 351 g/mol. The molecule has 0 spiro atoms. The smallest absolute Gasteiger partial charge is 0.312 e. The van der Waals surface area contributed by atoms with E-state index < -0.39 is 20.6 Å². The van der Waals surface area contributed by atoms with E-state index in [1.165, 1.54) is 26.3 Å². The Bertz CT molecular complexity index is 867. The van der Waals surface area contributed by atoms with Crippen molar-refractivity contribution in [1.29, 1.82) is 0 Å². The fourth-order valence-corrected chi connectivity index (χ4v) is 3.33. The maximum absolute atomic E-state index is 12.6. The van der Waals surface area contributed by atoms with Gasteiger partial charge in [0.15, 0.2) is 5.75 Å². The summed E-state index contributed by atoms with van der Waals surface area (Å²) >= 11 is 0. The number of ether oxygens (including phenoxy) is 1. The van der Waals surface area contributed by atoms with Gasteiger partial charge in [0, 0.05) is 25.3 Å². The van der Waals surface area contributed by atoms with Crippen LogP contribution in [0.5, 0.6) is 5.75 Å². The number of hydrogen-bond donors (Lipinski definition) is 1. The third-order valence-corrected chi connectivity index (χ3v) is 5.30. The van der Waals surface area contributed by atoms with Crippen LogP contribution in [0, 0.1) is 10.1 Å². The van der Waals surface area contributed by atoms with Crippen LogP contribution < -0.4 is 10.5 Å². The first-order valence-corrected chi connectivity index (χ1v) is 8.33. The first-order chi connectivity index (χ1) is 11.3. The molecule has 0 aromatic heterocycles. The van der Waals surface area contributed by atoms with Crippen LogP contribution in [-0.4, -0.2) is 31.8 Å². The zero-order valence-electron chi connectivity index (χ0n) is 13.2. The number of nitrogen functional groups attached to an aromatic ring is 1. The lowest BCUT2D eigenvalue weighted by molar-refractivity contribution is -0.386. The van der Waals surface area contributed by atoms with Crippen molar-refractivity contribution in [2.75, 3.05) is 19.9 Å². The van der Waals surface area contributed by atoms with Gasteiger partial charge in [0.25, 0.3) is 0 Å². The van der Waals surface area contributed by atoms with Gasteiger partial charge in [-0.15, -0.1) is 0 Å². The predicted molar refractivity (Wildman–Crippen MR) is 89.2 cm³/mol. The molecule has 0 saturated carbocycles. The van der Waals surface area contributed by atoms with Crippen molar-refractivity contribution >= 4 is 21.4 Å². The summed E-state index contributed by atoms with van der Waals surface area (Å²) < 4.78 is 31.3. The number of rotatable bonds is 6. The van der Waals surface area contributed by atoms with E-state index in [2.05, 4.69) is 0 Å². The van der Waals surface area contributed by atoms with Gasteiger partial charge in [-0.25, -0.2) is 8.42 Å². The molecule has 0 radical (unpaired) electrons. The van der Waals surface area contributed by atoms with E-state index in [9.17, 15) is 18.5 Å². The summed E-state index contributed by atoms with van der Waals surface area (Å²) in [5, 5.41) is 11.1. The highest BCUT2D eigenvalue weighted by Crippen LogP contribution is 2.30. The van der Waals surface area contributed by atoms with Gasteiger partial charge in [-0.2, -0.15) is 4.31 Å². The minimum absolute atomic E-state index is 0.00564. The maximum Gasteiger partial charge on any atom is 0.312 e. The molecular weight excluding hydrogens is 334 g/mol. The number of nitrogens with two attached hydrogens (primary N) is 1. The molecular formula is C15H17N3O5S. The van der Waals surface area contributed by atoms with Gasteiger partial charge in [-0.3, -0.25) is 10.1 Å². The average molecular weight is 351 g/mol. The minimum Gasteiger partial charge on any atom is -0.490 e. The molecule has 0 aliphatic rings. The molecule has 2 aromatic carbocycles. The van der Waals surface area contributed by atoms with Crippen LogP contribution in [0.1, 0.15) is 5.56 Å². The van der Waals surface area contributed by atoms with Gasteiger partial charge >= 0.3 is 5.69 Å². The number of anilines is 1. The fourth-order valence-electron chi connectivity index (χ4n) is 2.16. The number of para-hydroxylation sites is 1. The van der Waals surface area contributed by atoms with Gasteiger partial charge in [0.2, 0.25) is 10.0 Å². The Morgan fingerprint density at radius 1 is 1.25 bits per heavy atom. The zero-order valence-corrected chi connectivity index (χ0v) is 14.0. The molecule has 0 fully saturated rings. The molecule has 0 unspecified atom stereocenters. The largest absolute Gasteiger partial charge is 0.490 e. The highest BCUT2D eigenvalue weighted by atomic mass is 32.2. The van der Waals surface area contributed by atoms with Gasteiger partial charge in [0.1, 0.15) is 0 Å². The number of nitrogens with zero attached hydrogens (tertiary/aromatic N) is 2. The van der Waals surface area contributed by atoms with Crippen LogP contribution in [0.4, 0.5) is 11.4 Å². The van der Waals surface area contributed by atoms with Crippen LogP contribution in [0.3, 0.4) is 0 Å². The quantitative estimate of drug-likeness (QED) is 0.483. The van der Waals surface area contributed by atoms with E-state index >= 15 is 0 Å². The van der Waals surface area contributed by atoms with E-state index in [4.69, 9.17) is 10.5 Å². The molecule has 2 N–H and O–H groups in total. The molecule has 2 rings (SSSR count). The van der Waals surface area contributed by atoms with Gasteiger partial charge in [0.05, 0.1) is 16.9 Å². The van der Waals surface area contributed by atoms with Crippen LogP contribution in [0.2, 0.25) is 0 Å². The van der Waals surface area contributed by atoms with E-state index in [-0.39, 0.29) is 17.2 Å². The number of hydrogen-bond acceptors (Lipinski definition) is 6. The summed E-state index contributed by atoms with van der Waals surface area (Å²) in [5.41, 5.74) is 6.53. The molecule has 128 valence electrons. The number of nitro groups is 1. The van der Waals surface area contributed by atoms with Gasteiger partial charge < -0.3 is 10.5 Å². The second-order valence-electron chi connectivity index (χ2n) is 5.05. The topological polar surface area (TPSA) is 116 Å². The molecule has 2 aromatic rings. The number of benzene rings is 2. The molecule has 0 saturated heterocycles. The summed E-state index contributed by atoms with van der Waals surface area (Å²) in [6, 6.07) is 10.4. The summed E-state index contributed by atoms with van der Waals surface area (Å²) in [5.74, 6) is -0.00564. The zero-order chi connectivity index (χ0) is 17.9. The number of methoxy groups -OCH3 is 1. The second-order valence-corrected chi connectivity index (χ2v) is 7.10. The maximum atomic E-state index is 12.6. The number of nitro benzene ring substituents is 1. The lowest BCUT2D eigenvalue weighted by Gasteiger charge is -2.18. The summed E-state index contributed by atoms with van der Waals surface area (Å²) in [7, 11) is -1.25. The standard InChI is InChI=1S/C15H17N3O5S/c1-17(10-11-5-3-4-6-13(11)16)24(21,22)12-7-8-15(23-2)14(9-12)18(19)20/h3-9H,10,16H2,1-2H3. The van der Waals surface area contributed by atoms with Crippen molar-refractivity contribution in [1.82, 2.24) is 4.31 Å². The number of sulfonamides is 1. The lowest BCUT2D eigenvalue weighted by Crippen LogP contribution is -2.27. The van der Waals surface area contributed by atoms with Crippen molar-refractivity contribution in [3.63, 3.8) is 0 Å². The third-order valence-electron chi connectivity index (χ3n) is 3.50. The second kappa shape index (κ2) is 6.85.